The third-order valence-corrected chi connectivity index (χ3v) is 3.62. The summed E-state index contributed by atoms with van der Waals surface area (Å²) >= 11 is 0. The molecule has 1 rings (SSSR count). The molecule has 0 heterocycles. The Morgan fingerprint density at radius 1 is 1.12 bits per heavy atom. The standard InChI is InChI=1S/C16H27N/c1-4-14(3)16(17-5-2)13-9-12-15-10-7-6-8-11-15/h6-8,10-11,14,16-17H,4-5,9,12-13H2,1-3H3. The van der Waals surface area contributed by atoms with Crippen LogP contribution in [0.3, 0.4) is 0 Å². The van der Waals surface area contributed by atoms with Crippen molar-refractivity contribution < 1.29 is 0 Å². The Labute approximate surface area is 107 Å². The fourth-order valence-corrected chi connectivity index (χ4v) is 2.31. The van der Waals surface area contributed by atoms with Gasteiger partial charge in [0.2, 0.25) is 0 Å². The predicted molar refractivity (Wildman–Crippen MR) is 76.3 cm³/mol. The molecule has 0 saturated carbocycles. The minimum Gasteiger partial charge on any atom is -0.314 e. The first-order chi connectivity index (χ1) is 8.27. The van der Waals surface area contributed by atoms with Crippen LogP contribution in [0, 0.1) is 5.92 Å². The van der Waals surface area contributed by atoms with Gasteiger partial charge >= 0.3 is 0 Å². The van der Waals surface area contributed by atoms with Crippen molar-refractivity contribution in [3.05, 3.63) is 35.9 Å². The molecule has 1 heteroatoms. The van der Waals surface area contributed by atoms with Crippen LogP contribution in [0.4, 0.5) is 0 Å². The summed E-state index contributed by atoms with van der Waals surface area (Å²) in [4.78, 5) is 0. The van der Waals surface area contributed by atoms with E-state index in [0.29, 0.717) is 6.04 Å². The molecule has 1 aromatic carbocycles. The van der Waals surface area contributed by atoms with Gasteiger partial charge in [-0.25, -0.2) is 0 Å². The lowest BCUT2D eigenvalue weighted by atomic mass is 9.93. The van der Waals surface area contributed by atoms with Gasteiger partial charge in [0, 0.05) is 6.04 Å². The Kier molecular flexibility index (Phi) is 6.95. The van der Waals surface area contributed by atoms with E-state index >= 15 is 0 Å². The second kappa shape index (κ2) is 8.30. The molecule has 2 unspecified atom stereocenters. The fourth-order valence-electron chi connectivity index (χ4n) is 2.31. The summed E-state index contributed by atoms with van der Waals surface area (Å²) in [6.45, 7) is 7.93. The van der Waals surface area contributed by atoms with Gasteiger partial charge in [0.05, 0.1) is 0 Å². The second-order valence-electron chi connectivity index (χ2n) is 4.93. The van der Waals surface area contributed by atoms with Crippen LogP contribution in [-0.2, 0) is 6.42 Å². The Hall–Kier alpha value is -0.820. The number of aryl methyl sites for hydroxylation is 1. The van der Waals surface area contributed by atoms with Gasteiger partial charge in [-0.2, -0.15) is 0 Å². The average Bonchev–Trinajstić information content (AvgIpc) is 2.38. The lowest BCUT2D eigenvalue weighted by Gasteiger charge is -2.23. The zero-order valence-corrected chi connectivity index (χ0v) is 11.6. The summed E-state index contributed by atoms with van der Waals surface area (Å²) in [5.41, 5.74) is 1.46. The molecule has 0 fully saturated rings. The maximum absolute atomic E-state index is 3.62. The van der Waals surface area contributed by atoms with E-state index in [-0.39, 0.29) is 0 Å². The largest absolute Gasteiger partial charge is 0.314 e. The summed E-state index contributed by atoms with van der Waals surface area (Å²) in [6.07, 6.45) is 5.05. The molecule has 0 spiro atoms. The molecule has 96 valence electrons. The third kappa shape index (κ3) is 5.36. The van der Waals surface area contributed by atoms with Crippen LogP contribution in [-0.4, -0.2) is 12.6 Å². The molecular weight excluding hydrogens is 206 g/mol. The van der Waals surface area contributed by atoms with Gasteiger partial charge in [-0.3, -0.25) is 0 Å². The lowest BCUT2D eigenvalue weighted by Crippen LogP contribution is -2.34. The molecule has 2 atom stereocenters. The van der Waals surface area contributed by atoms with Gasteiger partial charge < -0.3 is 5.32 Å². The van der Waals surface area contributed by atoms with Crippen molar-refractivity contribution in [2.24, 2.45) is 5.92 Å². The predicted octanol–water partition coefficient (Wildman–Crippen LogP) is 4.03. The van der Waals surface area contributed by atoms with Crippen LogP contribution in [0.2, 0.25) is 0 Å². The van der Waals surface area contributed by atoms with E-state index < -0.39 is 0 Å². The van der Waals surface area contributed by atoms with Gasteiger partial charge in [0.15, 0.2) is 0 Å². The smallest absolute Gasteiger partial charge is 0.00925 e. The zero-order chi connectivity index (χ0) is 12.5. The van der Waals surface area contributed by atoms with Crippen molar-refractivity contribution >= 4 is 0 Å². The van der Waals surface area contributed by atoms with Crippen LogP contribution < -0.4 is 5.32 Å². The van der Waals surface area contributed by atoms with Crippen molar-refractivity contribution in [3.8, 4) is 0 Å². The highest BCUT2D eigenvalue weighted by molar-refractivity contribution is 5.14. The number of nitrogens with one attached hydrogen (secondary N) is 1. The maximum atomic E-state index is 3.62. The molecule has 0 aliphatic carbocycles. The van der Waals surface area contributed by atoms with E-state index in [4.69, 9.17) is 0 Å². The van der Waals surface area contributed by atoms with Crippen molar-refractivity contribution in [2.75, 3.05) is 6.54 Å². The highest BCUT2D eigenvalue weighted by atomic mass is 14.9. The first-order valence-electron chi connectivity index (χ1n) is 7.05. The van der Waals surface area contributed by atoms with Crippen molar-refractivity contribution in [2.45, 2.75) is 52.5 Å². The summed E-state index contributed by atoms with van der Waals surface area (Å²) in [5, 5.41) is 3.62. The van der Waals surface area contributed by atoms with Gasteiger partial charge in [0.25, 0.3) is 0 Å². The minimum absolute atomic E-state index is 0.689. The van der Waals surface area contributed by atoms with Crippen molar-refractivity contribution in [1.29, 1.82) is 0 Å². The Balaban J connectivity index is 2.32. The fraction of sp³-hybridized carbons (Fsp3) is 0.625. The molecule has 0 radical (unpaired) electrons. The van der Waals surface area contributed by atoms with Crippen LogP contribution in [0.25, 0.3) is 0 Å². The van der Waals surface area contributed by atoms with E-state index in [1.165, 1.54) is 31.2 Å². The lowest BCUT2D eigenvalue weighted by molar-refractivity contribution is 0.347. The molecule has 0 aromatic heterocycles. The van der Waals surface area contributed by atoms with E-state index in [0.717, 1.165) is 12.5 Å². The van der Waals surface area contributed by atoms with Gasteiger partial charge in [0.1, 0.15) is 0 Å². The molecule has 0 saturated heterocycles. The van der Waals surface area contributed by atoms with Gasteiger partial charge in [-0.1, -0.05) is 57.5 Å². The number of benzene rings is 1. The number of rotatable bonds is 8. The number of hydrogen-bond acceptors (Lipinski definition) is 1. The molecule has 0 amide bonds. The Bertz CT molecular complexity index is 281. The topological polar surface area (TPSA) is 12.0 Å². The monoisotopic (exact) mass is 233 g/mol. The SMILES string of the molecule is CCNC(CCCc1ccccc1)C(C)CC. The van der Waals surface area contributed by atoms with E-state index in [1.54, 1.807) is 0 Å². The number of hydrogen-bond donors (Lipinski definition) is 1. The highest BCUT2D eigenvalue weighted by Gasteiger charge is 2.13. The normalized spacial score (nSPS) is 14.5. The first-order valence-corrected chi connectivity index (χ1v) is 7.05. The molecule has 1 nitrogen and oxygen atoms in total. The Morgan fingerprint density at radius 3 is 2.41 bits per heavy atom. The van der Waals surface area contributed by atoms with E-state index in [9.17, 15) is 0 Å². The summed E-state index contributed by atoms with van der Waals surface area (Å²) in [6, 6.07) is 11.5. The summed E-state index contributed by atoms with van der Waals surface area (Å²) < 4.78 is 0. The second-order valence-corrected chi connectivity index (χ2v) is 4.93. The molecule has 0 bridgehead atoms. The quantitative estimate of drug-likeness (QED) is 0.714. The van der Waals surface area contributed by atoms with Crippen LogP contribution in [0.1, 0.15) is 45.6 Å². The minimum atomic E-state index is 0.689. The molecular formula is C16H27N. The maximum Gasteiger partial charge on any atom is 0.00925 e. The van der Waals surface area contributed by atoms with Crippen molar-refractivity contribution in [1.82, 2.24) is 5.32 Å². The van der Waals surface area contributed by atoms with E-state index in [1.807, 2.05) is 0 Å². The third-order valence-electron chi connectivity index (χ3n) is 3.62. The van der Waals surface area contributed by atoms with Gasteiger partial charge in [-0.05, 0) is 37.3 Å². The Morgan fingerprint density at radius 2 is 1.82 bits per heavy atom. The van der Waals surface area contributed by atoms with Crippen LogP contribution in [0.5, 0.6) is 0 Å². The van der Waals surface area contributed by atoms with Gasteiger partial charge in [-0.15, -0.1) is 0 Å². The van der Waals surface area contributed by atoms with E-state index in [2.05, 4.69) is 56.4 Å². The average molecular weight is 233 g/mol. The summed E-state index contributed by atoms with van der Waals surface area (Å²) in [7, 11) is 0. The first kappa shape index (κ1) is 14.2. The van der Waals surface area contributed by atoms with Crippen LogP contribution >= 0.6 is 0 Å². The van der Waals surface area contributed by atoms with Crippen molar-refractivity contribution in [3.63, 3.8) is 0 Å². The molecule has 0 aliphatic heterocycles. The highest BCUT2D eigenvalue weighted by Crippen LogP contribution is 2.14. The molecule has 1 aromatic rings. The molecule has 1 N–H and O–H groups in total. The molecule has 17 heavy (non-hydrogen) atoms. The van der Waals surface area contributed by atoms with Crippen LogP contribution in [0.15, 0.2) is 30.3 Å². The zero-order valence-electron chi connectivity index (χ0n) is 11.6. The summed E-state index contributed by atoms with van der Waals surface area (Å²) in [5.74, 6) is 0.783. The molecule has 0 aliphatic rings.